The molecule has 37 heavy (non-hydrogen) atoms. The SMILES string of the molecule is CCOC(=O)Cc1cc2c(s1)CCN(C(=O)[C@H](Cc1ccccc1)NC(=O)c1ccc(C(=N)N)cc1)C2. The molecular weight excluding hydrogens is 488 g/mol. The Bertz CT molecular complexity index is 1290. The van der Waals surface area contributed by atoms with Crippen LogP contribution in [0.5, 0.6) is 0 Å². The molecule has 0 spiro atoms. The number of esters is 1. The van der Waals surface area contributed by atoms with E-state index in [1.165, 1.54) is 4.88 Å². The van der Waals surface area contributed by atoms with Crippen molar-refractivity contribution in [2.24, 2.45) is 5.73 Å². The number of hydrogen-bond donors (Lipinski definition) is 3. The lowest BCUT2D eigenvalue weighted by molar-refractivity contribution is -0.142. The fourth-order valence-electron chi connectivity index (χ4n) is 4.34. The van der Waals surface area contributed by atoms with Gasteiger partial charge in [-0.2, -0.15) is 0 Å². The molecular formula is C28H30N4O4S. The molecule has 8 nitrogen and oxygen atoms in total. The highest BCUT2D eigenvalue weighted by Crippen LogP contribution is 2.29. The van der Waals surface area contributed by atoms with Crippen molar-refractivity contribution < 1.29 is 19.1 Å². The van der Waals surface area contributed by atoms with Crippen molar-refractivity contribution in [3.63, 3.8) is 0 Å². The fraction of sp³-hybridized carbons (Fsp3) is 0.286. The number of nitrogen functional groups attached to an aromatic ring is 1. The number of nitrogens with zero attached hydrogens (tertiary/aromatic N) is 1. The molecule has 1 aromatic heterocycles. The van der Waals surface area contributed by atoms with Crippen molar-refractivity contribution in [2.75, 3.05) is 13.2 Å². The van der Waals surface area contributed by atoms with Crippen LogP contribution in [-0.4, -0.2) is 47.7 Å². The van der Waals surface area contributed by atoms with Gasteiger partial charge in [-0.25, -0.2) is 0 Å². The summed E-state index contributed by atoms with van der Waals surface area (Å²) in [5.74, 6) is -0.848. The third-order valence-corrected chi connectivity index (χ3v) is 7.43. The minimum atomic E-state index is -0.749. The molecule has 0 aliphatic carbocycles. The predicted molar refractivity (Wildman–Crippen MR) is 143 cm³/mol. The number of carbonyl (C=O) groups excluding carboxylic acids is 3. The molecule has 9 heteroatoms. The number of fused-ring (bicyclic) bond motifs is 1. The molecule has 4 N–H and O–H groups in total. The largest absolute Gasteiger partial charge is 0.466 e. The van der Waals surface area contributed by atoms with Gasteiger partial charge in [0.25, 0.3) is 5.91 Å². The van der Waals surface area contributed by atoms with E-state index < -0.39 is 6.04 Å². The Labute approximate surface area is 219 Å². The molecule has 0 radical (unpaired) electrons. The smallest absolute Gasteiger partial charge is 0.311 e. The highest BCUT2D eigenvalue weighted by Gasteiger charge is 2.30. The van der Waals surface area contributed by atoms with Crippen molar-refractivity contribution in [3.8, 4) is 0 Å². The Kier molecular flexibility index (Phi) is 8.35. The normalized spacial score (nSPS) is 13.4. The molecule has 0 fully saturated rings. The number of hydrogen-bond acceptors (Lipinski definition) is 6. The molecule has 1 aliphatic heterocycles. The Morgan fingerprint density at radius 2 is 1.81 bits per heavy atom. The first-order valence-corrected chi connectivity index (χ1v) is 13.0. The lowest BCUT2D eigenvalue weighted by Crippen LogP contribution is -2.50. The molecule has 3 aromatic rings. The molecule has 192 valence electrons. The van der Waals surface area contributed by atoms with E-state index in [4.69, 9.17) is 15.9 Å². The van der Waals surface area contributed by atoms with Gasteiger partial charge in [-0.1, -0.05) is 42.5 Å². The van der Waals surface area contributed by atoms with Gasteiger partial charge in [0.15, 0.2) is 0 Å². The van der Waals surface area contributed by atoms with Crippen LogP contribution >= 0.6 is 11.3 Å². The second kappa shape index (κ2) is 11.8. The topological polar surface area (TPSA) is 126 Å². The number of amidine groups is 1. The number of ether oxygens (including phenoxy) is 1. The summed E-state index contributed by atoms with van der Waals surface area (Å²) in [6, 6.07) is 17.2. The molecule has 0 unspecified atom stereocenters. The quantitative estimate of drug-likeness (QED) is 0.228. The van der Waals surface area contributed by atoms with E-state index in [9.17, 15) is 14.4 Å². The van der Waals surface area contributed by atoms with Gasteiger partial charge < -0.3 is 20.7 Å². The highest BCUT2D eigenvalue weighted by molar-refractivity contribution is 7.12. The highest BCUT2D eigenvalue weighted by atomic mass is 32.1. The second-order valence-corrected chi connectivity index (χ2v) is 10.1. The maximum atomic E-state index is 13.7. The van der Waals surface area contributed by atoms with E-state index in [1.54, 1.807) is 47.4 Å². The number of nitrogens with two attached hydrogens (primary N) is 1. The van der Waals surface area contributed by atoms with Crippen LogP contribution in [0.15, 0.2) is 60.7 Å². The molecule has 2 amide bonds. The van der Waals surface area contributed by atoms with E-state index in [2.05, 4.69) is 5.32 Å². The monoisotopic (exact) mass is 518 g/mol. The van der Waals surface area contributed by atoms with Crippen LogP contribution in [0, 0.1) is 5.41 Å². The lowest BCUT2D eigenvalue weighted by Gasteiger charge is -2.31. The molecule has 1 atom stereocenters. The third-order valence-electron chi connectivity index (χ3n) is 6.20. The first kappa shape index (κ1) is 26.1. The van der Waals surface area contributed by atoms with Crippen molar-refractivity contribution in [1.82, 2.24) is 10.2 Å². The van der Waals surface area contributed by atoms with E-state index in [1.807, 2.05) is 36.4 Å². The summed E-state index contributed by atoms with van der Waals surface area (Å²) < 4.78 is 5.06. The van der Waals surface area contributed by atoms with Crippen LogP contribution in [-0.2, 0) is 40.1 Å². The van der Waals surface area contributed by atoms with Crippen LogP contribution in [0.2, 0.25) is 0 Å². The number of amides is 2. The van der Waals surface area contributed by atoms with Crippen molar-refractivity contribution >= 4 is 35.0 Å². The van der Waals surface area contributed by atoms with E-state index in [0.717, 1.165) is 16.0 Å². The second-order valence-electron chi connectivity index (χ2n) is 8.86. The van der Waals surface area contributed by atoms with Gasteiger partial charge >= 0.3 is 5.97 Å². The predicted octanol–water partition coefficient (Wildman–Crippen LogP) is 3.06. The molecule has 0 saturated carbocycles. The summed E-state index contributed by atoms with van der Waals surface area (Å²) in [6.07, 6.45) is 1.29. The minimum absolute atomic E-state index is 0.0765. The standard InChI is InChI=1S/C28H30N4O4S/c1-2-36-25(33)16-22-15-21-17-32(13-12-24(21)37-22)28(35)23(14-18-6-4-3-5-7-18)31-27(34)20-10-8-19(9-11-20)26(29)30/h3-11,15,23H,2,12-14,16-17H2,1H3,(H3,29,30)(H,31,34)/t23-/m0/s1. The first-order valence-electron chi connectivity index (χ1n) is 12.2. The van der Waals surface area contributed by atoms with Gasteiger partial charge in [-0.3, -0.25) is 19.8 Å². The van der Waals surface area contributed by atoms with Crippen LogP contribution < -0.4 is 11.1 Å². The Morgan fingerprint density at radius 3 is 2.49 bits per heavy atom. The maximum absolute atomic E-state index is 13.7. The van der Waals surface area contributed by atoms with Gasteiger partial charge in [-0.15, -0.1) is 11.3 Å². The summed E-state index contributed by atoms with van der Waals surface area (Å²) in [5.41, 5.74) is 8.40. The van der Waals surface area contributed by atoms with Gasteiger partial charge in [0.05, 0.1) is 13.0 Å². The summed E-state index contributed by atoms with van der Waals surface area (Å²) in [7, 11) is 0. The average Bonchev–Trinajstić information content (AvgIpc) is 3.30. The zero-order chi connectivity index (χ0) is 26.4. The average molecular weight is 519 g/mol. The summed E-state index contributed by atoms with van der Waals surface area (Å²) in [6.45, 7) is 3.11. The lowest BCUT2D eigenvalue weighted by atomic mass is 10.0. The molecule has 0 bridgehead atoms. The summed E-state index contributed by atoms with van der Waals surface area (Å²) in [5, 5.41) is 10.5. The van der Waals surface area contributed by atoms with Gasteiger partial charge in [0.1, 0.15) is 11.9 Å². The molecule has 2 aromatic carbocycles. The van der Waals surface area contributed by atoms with Crippen LogP contribution in [0.3, 0.4) is 0 Å². The van der Waals surface area contributed by atoms with Crippen LogP contribution in [0.4, 0.5) is 0 Å². The van der Waals surface area contributed by atoms with Crippen molar-refractivity contribution in [2.45, 2.75) is 38.8 Å². The number of thiophene rings is 1. The number of carbonyl (C=O) groups is 3. The molecule has 2 heterocycles. The third kappa shape index (κ3) is 6.62. The number of benzene rings is 2. The van der Waals surface area contributed by atoms with E-state index >= 15 is 0 Å². The molecule has 4 rings (SSSR count). The Hall–Kier alpha value is -3.98. The van der Waals surface area contributed by atoms with Crippen LogP contribution in [0.25, 0.3) is 0 Å². The number of rotatable bonds is 9. The zero-order valence-electron chi connectivity index (χ0n) is 20.7. The van der Waals surface area contributed by atoms with Gasteiger partial charge in [-0.05, 0) is 42.7 Å². The van der Waals surface area contributed by atoms with Gasteiger partial charge in [0, 0.05) is 40.4 Å². The maximum Gasteiger partial charge on any atom is 0.311 e. The number of nitrogens with one attached hydrogen (secondary N) is 2. The zero-order valence-corrected chi connectivity index (χ0v) is 21.5. The van der Waals surface area contributed by atoms with Gasteiger partial charge in [0.2, 0.25) is 5.91 Å². The minimum Gasteiger partial charge on any atom is -0.466 e. The summed E-state index contributed by atoms with van der Waals surface area (Å²) >= 11 is 1.59. The van der Waals surface area contributed by atoms with E-state index in [-0.39, 0.29) is 30.0 Å². The van der Waals surface area contributed by atoms with Crippen molar-refractivity contribution in [1.29, 1.82) is 5.41 Å². The Balaban J connectivity index is 1.50. The molecule has 1 aliphatic rings. The first-order chi connectivity index (χ1) is 17.8. The summed E-state index contributed by atoms with van der Waals surface area (Å²) in [4.78, 5) is 42.5. The fourth-order valence-corrected chi connectivity index (χ4v) is 5.49. The van der Waals surface area contributed by atoms with Crippen molar-refractivity contribution in [3.05, 3.63) is 92.7 Å². The molecule has 0 saturated heterocycles. The van der Waals surface area contributed by atoms with E-state index in [0.29, 0.717) is 43.7 Å². The van der Waals surface area contributed by atoms with Crippen LogP contribution in [0.1, 0.15) is 43.7 Å². The Morgan fingerprint density at radius 1 is 1.11 bits per heavy atom.